The molecule has 1 saturated carbocycles. The summed E-state index contributed by atoms with van der Waals surface area (Å²) < 4.78 is 0. The van der Waals surface area contributed by atoms with Crippen molar-refractivity contribution in [3.8, 4) is 0 Å². The van der Waals surface area contributed by atoms with Gasteiger partial charge in [-0.15, -0.1) is 0 Å². The lowest BCUT2D eigenvalue weighted by molar-refractivity contribution is 0.282. The maximum Gasteiger partial charge on any atom is 0.0742 e. The Hall–Kier alpha value is 0.0649. The summed E-state index contributed by atoms with van der Waals surface area (Å²) in [5.41, 5.74) is 0.542. The van der Waals surface area contributed by atoms with Crippen molar-refractivity contribution in [3.05, 3.63) is 0 Å². The van der Waals surface area contributed by atoms with Crippen molar-refractivity contribution in [2.24, 2.45) is 5.41 Å². The van der Waals surface area contributed by atoms with Gasteiger partial charge in [-0.05, 0) is 18.3 Å². The maximum absolute atomic E-state index is 6.31. The molecule has 0 aromatic rings. The number of rotatable bonds is 0. The summed E-state index contributed by atoms with van der Waals surface area (Å²) in [6.07, 6.45) is 12.0. The second-order valence-corrected chi connectivity index (χ2v) is 6.59. The fraction of sp³-hybridized carbons (Fsp3) is 1.00. The first-order valence-corrected chi connectivity index (χ1v) is 6.70. The standard InChI is InChI=1S/C14H27B/c1-13(2)9-6-4-5-7-11-14(3,15)12-8-10-13/h4-12H2,1-3H3. The van der Waals surface area contributed by atoms with Crippen LogP contribution in [-0.4, -0.2) is 7.85 Å². The van der Waals surface area contributed by atoms with Crippen LogP contribution < -0.4 is 0 Å². The zero-order valence-corrected chi connectivity index (χ0v) is 10.9. The van der Waals surface area contributed by atoms with Crippen molar-refractivity contribution in [2.45, 2.75) is 83.9 Å². The van der Waals surface area contributed by atoms with Gasteiger partial charge in [-0.2, -0.15) is 0 Å². The Labute approximate surface area is 97.6 Å². The molecule has 2 radical (unpaired) electrons. The predicted octanol–water partition coefficient (Wildman–Crippen LogP) is 4.88. The molecule has 1 unspecified atom stereocenters. The average Bonchev–Trinajstić information content (AvgIpc) is 2.11. The average molecular weight is 206 g/mol. The summed E-state index contributed by atoms with van der Waals surface area (Å²) in [7, 11) is 6.31. The van der Waals surface area contributed by atoms with E-state index in [1.54, 1.807) is 0 Å². The third kappa shape index (κ3) is 5.63. The molecular formula is C14H27B. The van der Waals surface area contributed by atoms with Gasteiger partial charge in [0.2, 0.25) is 0 Å². The van der Waals surface area contributed by atoms with Gasteiger partial charge in [0, 0.05) is 0 Å². The Kier molecular flexibility index (Phi) is 4.74. The number of hydrogen-bond acceptors (Lipinski definition) is 0. The van der Waals surface area contributed by atoms with E-state index >= 15 is 0 Å². The van der Waals surface area contributed by atoms with Gasteiger partial charge >= 0.3 is 0 Å². The smallest absolute Gasteiger partial charge is 0.0688 e. The molecule has 0 nitrogen and oxygen atoms in total. The Balaban J connectivity index is 2.47. The number of hydrogen-bond donors (Lipinski definition) is 0. The van der Waals surface area contributed by atoms with E-state index in [0.29, 0.717) is 5.41 Å². The fourth-order valence-corrected chi connectivity index (χ4v) is 2.71. The molecule has 0 heterocycles. The van der Waals surface area contributed by atoms with E-state index in [-0.39, 0.29) is 5.31 Å². The highest BCUT2D eigenvalue weighted by Gasteiger charge is 2.22. The van der Waals surface area contributed by atoms with E-state index in [0.717, 1.165) is 0 Å². The highest BCUT2D eigenvalue weighted by Crippen LogP contribution is 2.39. The van der Waals surface area contributed by atoms with E-state index in [9.17, 15) is 0 Å². The second-order valence-electron chi connectivity index (χ2n) is 6.59. The minimum Gasteiger partial charge on any atom is -0.0688 e. The summed E-state index contributed by atoms with van der Waals surface area (Å²) >= 11 is 0. The lowest BCUT2D eigenvalue weighted by Gasteiger charge is -2.28. The molecule has 1 heteroatoms. The lowest BCUT2D eigenvalue weighted by Crippen LogP contribution is -2.13. The van der Waals surface area contributed by atoms with Gasteiger partial charge in [0.05, 0.1) is 7.85 Å². The molecule has 1 fully saturated rings. The zero-order valence-electron chi connectivity index (χ0n) is 10.9. The Bertz CT molecular complexity index is 162. The first-order valence-electron chi connectivity index (χ1n) is 6.70. The van der Waals surface area contributed by atoms with Gasteiger partial charge in [-0.3, -0.25) is 0 Å². The van der Waals surface area contributed by atoms with Crippen molar-refractivity contribution in [3.63, 3.8) is 0 Å². The normalized spacial score (nSPS) is 34.3. The molecule has 0 amide bonds. The van der Waals surface area contributed by atoms with Crippen molar-refractivity contribution in [2.75, 3.05) is 0 Å². The molecule has 1 aliphatic rings. The van der Waals surface area contributed by atoms with E-state index in [1.807, 2.05) is 0 Å². The SMILES string of the molecule is [B]C1(C)CCCCCCC(C)(C)CCC1. The Morgan fingerprint density at radius 3 is 1.80 bits per heavy atom. The summed E-state index contributed by atoms with van der Waals surface area (Å²) in [6.45, 7) is 7.06. The van der Waals surface area contributed by atoms with Crippen LogP contribution in [0.15, 0.2) is 0 Å². The first-order chi connectivity index (χ1) is 6.91. The third-order valence-electron chi connectivity index (χ3n) is 3.95. The molecule has 86 valence electrons. The molecule has 0 bridgehead atoms. The predicted molar refractivity (Wildman–Crippen MR) is 69.5 cm³/mol. The quantitative estimate of drug-likeness (QED) is 0.495. The summed E-state index contributed by atoms with van der Waals surface area (Å²) in [4.78, 5) is 0. The van der Waals surface area contributed by atoms with Crippen LogP contribution in [0.3, 0.4) is 0 Å². The molecule has 0 aliphatic heterocycles. The maximum atomic E-state index is 6.31. The fourth-order valence-electron chi connectivity index (χ4n) is 2.71. The topological polar surface area (TPSA) is 0 Å². The summed E-state index contributed by atoms with van der Waals surface area (Å²) in [6, 6.07) is 0. The molecular weight excluding hydrogens is 179 g/mol. The van der Waals surface area contributed by atoms with Crippen LogP contribution in [0.25, 0.3) is 0 Å². The molecule has 1 rings (SSSR count). The largest absolute Gasteiger partial charge is 0.0742 e. The molecule has 1 aliphatic carbocycles. The van der Waals surface area contributed by atoms with Crippen LogP contribution in [0.2, 0.25) is 5.31 Å². The second kappa shape index (κ2) is 5.41. The molecule has 0 spiro atoms. The van der Waals surface area contributed by atoms with Crippen molar-refractivity contribution in [1.29, 1.82) is 0 Å². The van der Waals surface area contributed by atoms with Gasteiger partial charge in [0.1, 0.15) is 0 Å². The van der Waals surface area contributed by atoms with Crippen LogP contribution in [0, 0.1) is 5.41 Å². The molecule has 0 aromatic heterocycles. The Morgan fingerprint density at radius 1 is 0.667 bits per heavy atom. The van der Waals surface area contributed by atoms with Crippen LogP contribution in [0.1, 0.15) is 78.6 Å². The highest BCUT2D eigenvalue weighted by atomic mass is 14.3. The minimum atomic E-state index is 0.0976. The monoisotopic (exact) mass is 206 g/mol. The Morgan fingerprint density at radius 2 is 1.13 bits per heavy atom. The van der Waals surface area contributed by atoms with E-state index in [1.165, 1.54) is 57.8 Å². The van der Waals surface area contributed by atoms with Crippen LogP contribution in [0.5, 0.6) is 0 Å². The van der Waals surface area contributed by atoms with E-state index < -0.39 is 0 Å². The molecule has 0 N–H and O–H groups in total. The van der Waals surface area contributed by atoms with Gasteiger partial charge in [0.25, 0.3) is 0 Å². The van der Waals surface area contributed by atoms with Crippen molar-refractivity contribution in [1.82, 2.24) is 0 Å². The minimum absolute atomic E-state index is 0.0976. The van der Waals surface area contributed by atoms with Crippen LogP contribution in [0.4, 0.5) is 0 Å². The lowest BCUT2D eigenvalue weighted by atomic mass is 9.64. The zero-order chi connectivity index (χ0) is 11.4. The van der Waals surface area contributed by atoms with Crippen LogP contribution >= 0.6 is 0 Å². The molecule has 15 heavy (non-hydrogen) atoms. The van der Waals surface area contributed by atoms with Gasteiger partial charge in [0.15, 0.2) is 0 Å². The van der Waals surface area contributed by atoms with Crippen molar-refractivity contribution < 1.29 is 0 Å². The van der Waals surface area contributed by atoms with Crippen molar-refractivity contribution >= 4 is 7.85 Å². The van der Waals surface area contributed by atoms with E-state index in [4.69, 9.17) is 7.85 Å². The summed E-state index contributed by atoms with van der Waals surface area (Å²) in [5, 5.41) is 0.0976. The highest BCUT2D eigenvalue weighted by molar-refractivity contribution is 6.14. The molecule has 0 saturated heterocycles. The van der Waals surface area contributed by atoms with Crippen LogP contribution in [-0.2, 0) is 0 Å². The van der Waals surface area contributed by atoms with Gasteiger partial charge in [-0.25, -0.2) is 0 Å². The van der Waals surface area contributed by atoms with E-state index in [2.05, 4.69) is 20.8 Å². The third-order valence-corrected chi connectivity index (χ3v) is 3.95. The van der Waals surface area contributed by atoms with Gasteiger partial charge < -0.3 is 0 Å². The van der Waals surface area contributed by atoms with Gasteiger partial charge in [-0.1, -0.05) is 71.0 Å². The first kappa shape index (κ1) is 13.1. The molecule has 0 aromatic carbocycles. The molecule has 1 atom stereocenters. The summed E-state index contributed by atoms with van der Waals surface area (Å²) in [5.74, 6) is 0.